The second kappa shape index (κ2) is 8.69. The molecule has 160 valence electrons. The molecular weight excluding hydrogens is 420 g/mol. The summed E-state index contributed by atoms with van der Waals surface area (Å²) in [5, 5.41) is 3.76. The highest BCUT2D eigenvalue weighted by molar-refractivity contribution is 7.89. The average molecular weight is 447 g/mol. The first kappa shape index (κ1) is 21.3. The largest absolute Gasteiger partial charge is 0.349 e. The molecule has 2 aromatic carbocycles. The number of hydrogen-bond donors (Lipinski definition) is 1. The molecule has 0 bridgehead atoms. The van der Waals surface area contributed by atoms with E-state index in [0.717, 1.165) is 18.4 Å². The Hall–Kier alpha value is -1.89. The van der Waals surface area contributed by atoms with E-state index in [0.29, 0.717) is 36.9 Å². The topological polar surface area (TPSA) is 66.5 Å². The molecule has 1 atom stereocenters. The lowest BCUT2D eigenvalue weighted by atomic mass is 9.95. The predicted molar refractivity (Wildman–Crippen MR) is 118 cm³/mol. The monoisotopic (exact) mass is 446 g/mol. The van der Waals surface area contributed by atoms with Gasteiger partial charge in [-0.15, -0.1) is 0 Å². The molecule has 0 unspecified atom stereocenters. The van der Waals surface area contributed by atoms with Gasteiger partial charge in [0.1, 0.15) is 0 Å². The number of carbonyl (C=O) groups is 1. The van der Waals surface area contributed by atoms with Crippen LogP contribution in [-0.2, 0) is 14.8 Å². The fourth-order valence-electron chi connectivity index (χ4n) is 4.06. The van der Waals surface area contributed by atoms with Crippen molar-refractivity contribution in [1.29, 1.82) is 0 Å². The van der Waals surface area contributed by atoms with Gasteiger partial charge in [0.25, 0.3) is 0 Å². The Labute approximate surface area is 183 Å². The van der Waals surface area contributed by atoms with Gasteiger partial charge >= 0.3 is 0 Å². The van der Waals surface area contributed by atoms with E-state index < -0.39 is 10.0 Å². The number of halogens is 1. The van der Waals surface area contributed by atoms with Crippen LogP contribution >= 0.6 is 11.6 Å². The Morgan fingerprint density at radius 1 is 1.00 bits per heavy atom. The van der Waals surface area contributed by atoms with Crippen molar-refractivity contribution in [2.75, 3.05) is 13.1 Å². The molecular formula is C23H27ClN2O3S. The molecule has 7 heteroatoms. The second-order valence-electron chi connectivity index (χ2n) is 8.37. The van der Waals surface area contributed by atoms with Crippen molar-refractivity contribution in [3.8, 4) is 0 Å². The molecule has 1 saturated heterocycles. The van der Waals surface area contributed by atoms with Crippen LogP contribution in [0.3, 0.4) is 0 Å². The van der Waals surface area contributed by atoms with E-state index in [1.807, 2.05) is 0 Å². The van der Waals surface area contributed by atoms with Crippen LogP contribution in [0.1, 0.15) is 42.9 Å². The number of carbonyl (C=O) groups excluding carboxylic acids is 1. The molecule has 4 rings (SSSR count). The maximum absolute atomic E-state index is 13.0. The van der Waals surface area contributed by atoms with Gasteiger partial charge in [-0.2, -0.15) is 4.31 Å². The van der Waals surface area contributed by atoms with E-state index in [1.54, 1.807) is 12.1 Å². The first-order valence-electron chi connectivity index (χ1n) is 10.5. The average Bonchev–Trinajstić information content (AvgIpc) is 3.58. The molecule has 2 aliphatic rings. The van der Waals surface area contributed by atoms with E-state index in [9.17, 15) is 13.2 Å². The van der Waals surface area contributed by atoms with Crippen molar-refractivity contribution in [2.24, 2.45) is 11.8 Å². The molecule has 30 heavy (non-hydrogen) atoms. The van der Waals surface area contributed by atoms with Gasteiger partial charge in [0.05, 0.1) is 10.9 Å². The Morgan fingerprint density at radius 2 is 1.60 bits per heavy atom. The minimum absolute atomic E-state index is 0.0380. The van der Waals surface area contributed by atoms with E-state index in [1.165, 1.54) is 22.0 Å². The summed E-state index contributed by atoms with van der Waals surface area (Å²) in [4.78, 5) is 13.2. The molecule has 0 aromatic heterocycles. The van der Waals surface area contributed by atoms with Gasteiger partial charge in [0, 0.05) is 24.0 Å². The molecule has 1 amide bonds. The number of sulfonamides is 1. The van der Waals surface area contributed by atoms with Crippen LogP contribution in [0.15, 0.2) is 53.4 Å². The number of rotatable bonds is 6. The third-order valence-corrected chi connectivity index (χ3v) is 8.27. The quantitative estimate of drug-likeness (QED) is 0.718. The molecule has 1 N–H and O–H groups in total. The molecule has 1 heterocycles. The van der Waals surface area contributed by atoms with Crippen LogP contribution in [0.5, 0.6) is 0 Å². The number of benzene rings is 2. The third-order valence-electron chi connectivity index (χ3n) is 6.10. The van der Waals surface area contributed by atoms with Crippen molar-refractivity contribution in [3.05, 3.63) is 64.7 Å². The maximum Gasteiger partial charge on any atom is 0.243 e. The first-order chi connectivity index (χ1) is 14.3. The minimum Gasteiger partial charge on any atom is -0.349 e. The summed E-state index contributed by atoms with van der Waals surface area (Å²) in [7, 11) is -3.56. The highest BCUT2D eigenvalue weighted by Gasteiger charge is 2.36. The van der Waals surface area contributed by atoms with Crippen molar-refractivity contribution < 1.29 is 13.2 Å². The van der Waals surface area contributed by atoms with Gasteiger partial charge in [-0.3, -0.25) is 4.79 Å². The van der Waals surface area contributed by atoms with Crippen LogP contribution in [0.2, 0.25) is 5.02 Å². The van der Waals surface area contributed by atoms with Gasteiger partial charge in [-0.25, -0.2) is 8.42 Å². The number of nitrogens with zero attached hydrogens (tertiary/aromatic N) is 1. The third kappa shape index (κ3) is 4.71. The molecule has 1 saturated carbocycles. The zero-order valence-electron chi connectivity index (χ0n) is 17.1. The van der Waals surface area contributed by atoms with Crippen LogP contribution < -0.4 is 5.32 Å². The fourth-order valence-corrected chi connectivity index (χ4v) is 5.66. The zero-order valence-corrected chi connectivity index (χ0v) is 18.6. The number of amides is 1. The van der Waals surface area contributed by atoms with E-state index in [-0.39, 0.29) is 22.8 Å². The van der Waals surface area contributed by atoms with Gasteiger partial charge in [0.15, 0.2) is 0 Å². The van der Waals surface area contributed by atoms with Crippen molar-refractivity contribution in [1.82, 2.24) is 9.62 Å². The summed E-state index contributed by atoms with van der Waals surface area (Å²) in [6, 6.07) is 14.6. The van der Waals surface area contributed by atoms with Gasteiger partial charge in [0.2, 0.25) is 15.9 Å². The fraction of sp³-hybridized carbons (Fsp3) is 0.435. The number of piperidine rings is 1. The van der Waals surface area contributed by atoms with Crippen LogP contribution in [-0.4, -0.2) is 31.7 Å². The number of nitrogens with one attached hydrogen (secondary N) is 1. The van der Waals surface area contributed by atoms with Crippen molar-refractivity contribution in [2.45, 2.75) is 43.5 Å². The Bertz CT molecular complexity index is 994. The second-order valence-corrected chi connectivity index (χ2v) is 10.7. The summed E-state index contributed by atoms with van der Waals surface area (Å²) < 4.78 is 27.2. The molecule has 1 aliphatic heterocycles. The highest BCUT2D eigenvalue weighted by atomic mass is 35.5. The molecule has 2 aromatic rings. The van der Waals surface area contributed by atoms with Gasteiger partial charge in [-0.1, -0.05) is 41.4 Å². The zero-order chi connectivity index (χ0) is 21.3. The smallest absolute Gasteiger partial charge is 0.243 e. The number of aryl methyl sites for hydroxylation is 1. The standard InChI is InChI=1S/C23H27ClN2O3S/c1-16-2-4-17(5-3-16)22(18-6-7-18)25-23(27)19-12-14-26(15-13-19)30(28,29)21-10-8-20(24)9-11-21/h2-5,8-11,18-19,22H,6-7,12-15H2,1H3,(H,25,27)/t22-/m0/s1. The Kier molecular flexibility index (Phi) is 6.19. The van der Waals surface area contributed by atoms with Crippen molar-refractivity contribution >= 4 is 27.5 Å². The summed E-state index contributed by atoms with van der Waals surface area (Å²) in [6.07, 6.45) is 3.33. The molecule has 0 spiro atoms. The van der Waals surface area contributed by atoms with E-state index in [4.69, 9.17) is 11.6 Å². The van der Waals surface area contributed by atoms with E-state index in [2.05, 4.69) is 36.5 Å². The van der Waals surface area contributed by atoms with Crippen LogP contribution in [0.4, 0.5) is 0 Å². The summed E-state index contributed by atoms with van der Waals surface area (Å²) in [6.45, 7) is 2.75. The SMILES string of the molecule is Cc1ccc([C@H](NC(=O)C2CCN(S(=O)(=O)c3ccc(Cl)cc3)CC2)C2CC2)cc1. The summed E-state index contributed by atoms with van der Waals surface area (Å²) in [5.74, 6) is 0.381. The van der Waals surface area contributed by atoms with Crippen LogP contribution in [0, 0.1) is 18.8 Å². The maximum atomic E-state index is 13.0. The Balaban J connectivity index is 1.38. The number of hydrogen-bond acceptors (Lipinski definition) is 3. The van der Waals surface area contributed by atoms with E-state index >= 15 is 0 Å². The lowest BCUT2D eigenvalue weighted by Gasteiger charge is -2.31. The lowest BCUT2D eigenvalue weighted by Crippen LogP contribution is -2.43. The summed E-state index contributed by atoms with van der Waals surface area (Å²) in [5.41, 5.74) is 2.35. The minimum atomic E-state index is -3.56. The molecule has 2 fully saturated rings. The van der Waals surface area contributed by atoms with Crippen LogP contribution in [0.25, 0.3) is 0 Å². The van der Waals surface area contributed by atoms with Crippen molar-refractivity contribution in [3.63, 3.8) is 0 Å². The normalized spacial score (nSPS) is 19.4. The Morgan fingerprint density at radius 3 is 2.17 bits per heavy atom. The van der Waals surface area contributed by atoms with Gasteiger partial charge < -0.3 is 5.32 Å². The summed E-state index contributed by atoms with van der Waals surface area (Å²) >= 11 is 5.87. The lowest BCUT2D eigenvalue weighted by molar-refractivity contribution is -0.127. The predicted octanol–water partition coefficient (Wildman–Crippen LogP) is 4.32. The highest BCUT2D eigenvalue weighted by Crippen LogP contribution is 2.41. The molecule has 1 aliphatic carbocycles. The molecule has 0 radical (unpaired) electrons. The first-order valence-corrected chi connectivity index (χ1v) is 12.3. The molecule has 5 nitrogen and oxygen atoms in total. The van der Waals surface area contributed by atoms with Gasteiger partial charge in [-0.05, 0) is 68.4 Å².